The number of ether oxygens (including phenoxy) is 1. The summed E-state index contributed by atoms with van der Waals surface area (Å²) in [7, 11) is -5.60. The third kappa shape index (κ3) is 6.28. The van der Waals surface area contributed by atoms with E-state index in [1.807, 2.05) is 0 Å². The highest BCUT2D eigenvalue weighted by molar-refractivity contribution is 7.92. The average Bonchev–Trinajstić information content (AvgIpc) is 2.71. The number of nitro benzene ring substituents is 1. The number of nitrogens with one attached hydrogen (secondary N) is 1. The number of hydrogen-bond donors (Lipinski definition) is 1. The molecule has 0 aliphatic heterocycles. The van der Waals surface area contributed by atoms with Gasteiger partial charge in [0.2, 0.25) is 0 Å². The Morgan fingerprint density at radius 2 is 1.67 bits per heavy atom. The maximum Gasteiger partial charge on any atom is 0.501 e. The van der Waals surface area contributed by atoms with Crippen molar-refractivity contribution < 1.29 is 40.8 Å². The molecule has 0 aliphatic carbocycles. The first kappa shape index (κ1) is 25.8. The molecule has 9 nitrogen and oxygen atoms in total. The van der Waals surface area contributed by atoms with Crippen molar-refractivity contribution >= 4 is 27.4 Å². The van der Waals surface area contributed by atoms with Crippen LogP contribution in [0.15, 0.2) is 53.4 Å². The lowest BCUT2D eigenvalue weighted by atomic mass is 10.0. The summed E-state index contributed by atoms with van der Waals surface area (Å²) in [4.78, 5) is 34.5. The van der Waals surface area contributed by atoms with E-state index in [0.29, 0.717) is 12.1 Å². The van der Waals surface area contributed by atoms with Gasteiger partial charge in [0.05, 0.1) is 33.9 Å². The Hall–Kier alpha value is -3.48. The fourth-order valence-electron chi connectivity index (χ4n) is 2.83. The Morgan fingerprint density at radius 1 is 1.09 bits per heavy atom. The number of alkyl halides is 3. The summed E-state index contributed by atoms with van der Waals surface area (Å²) in [6, 6.07) is 7.12. The predicted molar refractivity (Wildman–Crippen MR) is 109 cm³/mol. The quantitative estimate of drug-likeness (QED) is 0.340. The van der Waals surface area contributed by atoms with Crippen LogP contribution in [0.3, 0.4) is 0 Å². The molecule has 0 saturated carbocycles. The summed E-state index contributed by atoms with van der Waals surface area (Å²) in [5, 5.41) is 13.8. The van der Waals surface area contributed by atoms with Crippen molar-refractivity contribution in [1.82, 2.24) is 5.32 Å². The largest absolute Gasteiger partial charge is 0.501 e. The van der Waals surface area contributed by atoms with Crippen molar-refractivity contribution in [2.75, 3.05) is 0 Å². The molecule has 0 spiro atoms. The summed E-state index contributed by atoms with van der Waals surface area (Å²) in [5.41, 5.74) is -6.10. The lowest BCUT2D eigenvalue weighted by molar-refractivity contribution is -0.385. The van der Waals surface area contributed by atoms with E-state index in [2.05, 4.69) is 5.32 Å². The third-order valence-corrected chi connectivity index (χ3v) is 5.79. The monoisotopic (exact) mass is 488 g/mol. The molecule has 0 radical (unpaired) electrons. The van der Waals surface area contributed by atoms with Gasteiger partial charge in [0.25, 0.3) is 21.4 Å². The molecule has 2 aromatic rings. The Balaban J connectivity index is 2.35. The molecular weight excluding hydrogens is 469 g/mol. The van der Waals surface area contributed by atoms with Gasteiger partial charge in [-0.15, -0.1) is 0 Å². The standard InChI is InChI=1S/C20H19F3N2O7S/c1-12(2)32-18(26)11-16(15-5-3-4-6-17(15)25(28)29)24-19(27)13-7-9-14(10-8-13)33(30,31)20(21,22)23/h3-10,12,16H,11H2,1-2H3,(H,24,27). The minimum Gasteiger partial charge on any atom is -0.463 e. The number of hydrogen-bond acceptors (Lipinski definition) is 7. The van der Waals surface area contributed by atoms with Crippen LogP contribution in [0.2, 0.25) is 0 Å². The Morgan fingerprint density at radius 3 is 2.18 bits per heavy atom. The van der Waals surface area contributed by atoms with E-state index in [-0.39, 0.29) is 16.8 Å². The first-order chi connectivity index (χ1) is 15.2. The third-order valence-electron chi connectivity index (χ3n) is 4.28. The molecule has 1 atom stereocenters. The molecule has 13 heteroatoms. The topological polar surface area (TPSA) is 133 Å². The lowest BCUT2D eigenvalue weighted by Gasteiger charge is -2.19. The number of carbonyl (C=O) groups excluding carboxylic acids is 2. The SMILES string of the molecule is CC(C)OC(=O)CC(NC(=O)c1ccc(S(=O)(=O)C(F)(F)F)cc1)c1ccccc1[N+](=O)[O-]. The highest BCUT2D eigenvalue weighted by Crippen LogP contribution is 2.31. The van der Waals surface area contributed by atoms with E-state index in [0.717, 1.165) is 12.1 Å². The molecule has 1 N–H and O–H groups in total. The van der Waals surface area contributed by atoms with E-state index < -0.39 is 55.6 Å². The molecular formula is C20H19F3N2O7S. The Bertz CT molecular complexity index is 1150. The molecule has 0 aromatic heterocycles. The first-order valence-electron chi connectivity index (χ1n) is 9.39. The van der Waals surface area contributed by atoms with Crippen LogP contribution in [-0.4, -0.2) is 36.8 Å². The van der Waals surface area contributed by atoms with Gasteiger partial charge >= 0.3 is 11.5 Å². The second-order valence-electron chi connectivity index (χ2n) is 7.06. The van der Waals surface area contributed by atoms with E-state index in [1.165, 1.54) is 24.3 Å². The van der Waals surface area contributed by atoms with Crippen molar-refractivity contribution in [3.05, 3.63) is 69.8 Å². The van der Waals surface area contributed by atoms with Gasteiger partial charge in [-0.05, 0) is 38.1 Å². The van der Waals surface area contributed by atoms with Gasteiger partial charge < -0.3 is 10.1 Å². The number of sulfone groups is 1. The predicted octanol–water partition coefficient (Wildman–Crippen LogP) is 3.70. The molecule has 0 bridgehead atoms. The fourth-order valence-corrected chi connectivity index (χ4v) is 3.59. The van der Waals surface area contributed by atoms with Gasteiger partial charge in [-0.25, -0.2) is 8.42 Å². The number of benzene rings is 2. The average molecular weight is 488 g/mol. The summed E-state index contributed by atoms with van der Waals surface area (Å²) in [5.74, 6) is -1.65. The molecule has 0 aliphatic rings. The highest BCUT2D eigenvalue weighted by atomic mass is 32.2. The zero-order chi connectivity index (χ0) is 25.0. The molecule has 0 saturated heterocycles. The van der Waals surface area contributed by atoms with Crippen LogP contribution in [-0.2, 0) is 19.4 Å². The van der Waals surface area contributed by atoms with E-state index >= 15 is 0 Å². The van der Waals surface area contributed by atoms with E-state index in [1.54, 1.807) is 13.8 Å². The summed E-state index contributed by atoms with van der Waals surface area (Å²) in [6.07, 6.45) is -0.947. The number of nitrogens with zero attached hydrogens (tertiary/aromatic N) is 1. The number of halogens is 3. The lowest BCUT2D eigenvalue weighted by Crippen LogP contribution is -2.31. The number of esters is 1. The van der Waals surface area contributed by atoms with Gasteiger partial charge in [-0.1, -0.05) is 18.2 Å². The van der Waals surface area contributed by atoms with Gasteiger partial charge in [-0.2, -0.15) is 13.2 Å². The number of para-hydroxylation sites is 1. The van der Waals surface area contributed by atoms with Gasteiger partial charge in [-0.3, -0.25) is 19.7 Å². The Labute approximate surface area is 186 Å². The van der Waals surface area contributed by atoms with Gasteiger partial charge in [0.1, 0.15) is 0 Å². The molecule has 178 valence electrons. The molecule has 1 unspecified atom stereocenters. The maximum atomic E-state index is 12.7. The summed E-state index contributed by atoms with van der Waals surface area (Å²) >= 11 is 0. The molecule has 2 rings (SSSR count). The van der Waals surface area contributed by atoms with E-state index in [4.69, 9.17) is 4.74 Å². The zero-order valence-corrected chi connectivity index (χ0v) is 18.1. The second-order valence-corrected chi connectivity index (χ2v) is 9.00. The molecule has 1 amide bonds. The minimum atomic E-state index is -5.60. The fraction of sp³-hybridized carbons (Fsp3) is 0.300. The van der Waals surface area contributed by atoms with Crippen LogP contribution in [0.5, 0.6) is 0 Å². The number of carbonyl (C=O) groups is 2. The van der Waals surface area contributed by atoms with Crippen molar-refractivity contribution in [2.45, 2.75) is 42.8 Å². The molecule has 2 aromatic carbocycles. The van der Waals surface area contributed by atoms with Crippen molar-refractivity contribution in [3.63, 3.8) is 0 Å². The van der Waals surface area contributed by atoms with Crippen LogP contribution < -0.4 is 5.32 Å². The van der Waals surface area contributed by atoms with E-state index in [9.17, 15) is 41.3 Å². The summed E-state index contributed by atoms with van der Waals surface area (Å²) in [6.45, 7) is 3.18. The zero-order valence-electron chi connectivity index (χ0n) is 17.3. The minimum absolute atomic E-state index is 0.00725. The van der Waals surface area contributed by atoms with Crippen molar-refractivity contribution in [2.24, 2.45) is 0 Å². The smallest absolute Gasteiger partial charge is 0.463 e. The number of rotatable bonds is 8. The number of amides is 1. The normalized spacial score (nSPS) is 12.8. The first-order valence-corrected chi connectivity index (χ1v) is 10.9. The molecule has 0 heterocycles. The number of nitro groups is 1. The van der Waals surface area contributed by atoms with Crippen LogP contribution in [0, 0.1) is 10.1 Å². The molecule has 33 heavy (non-hydrogen) atoms. The highest BCUT2D eigenvalue weighted by Gasteiger charge is 2.46. The molecule has 0 fully saturated rings. The van der Waals surface area contributed by atoms with Crippen LogP contribution in [0.25, 0.3) is 0 Å². The van der Waals surface area contributed by atoms with Gasteiger partial charge in [0.15, 0.2) is 0 Å². The second kappa shape index (κ2) is 9.98. The van der Waals surface area contributed by atoms with Crippen molar-refractivity contribution in [3.8, 4) is 0 Å². The van der Waals surface area contributed by atoms with Crippen LogP contribution in [0.1, 0.15) is 42.2 Å². The van der Waals surface area contributed by atoms with Crippen LogP contribution >= 0.6 is 0 Å². The van der Waals surface area contributed by atoms with Crippen LogP contribution in [0.4, 0.5) is 18.9 Å². The van der Waals surface area contributed by atoms with Crippen molar-refractivity contribution in [1.29, 1.82) is 0 Å². The summed E-state index contributed by atoms with van der Waals surface area (Å²) < 4.78 is 66.0. The maximum absolute atomic E-state index is 12.7. The van der Waals surface area contributed by atoms with Gasteiger partial charge in [0, 0.05) is 11.6 Å². The Kier molecular flexibility index (Phi) is 7.80.